The second kappa shape index (κ2) is 7.82. The number of nitrogens with one attached hydrogen (secondary N) is 1. The highest BCUT2D eigenvalue weighted by Crippen LogP contribution is 2.24. The lowest BCUT2D eigenvalue weighted by molar-refractivity contribution is -0.127. The first-order chi connectivity index (χ1) is 10.6. The summed E-state index contributed by atoms with van der Waals surface area (Å²) in [6.45, 7) is 2.51. The minimum absolute atomic E-state index is 0.222. The second-order valence-corrected chi connectivity index (χ2v) is 5.01. The molecular weight excluding hydrogens is 306 g/mol. The summed E-state index contributed by atoms with van der Waals surface area (Å²) in [5.74, 6) is -0.0257. The molecule has 1 aromatic carbocycles. The van der Waals surface area contributed by atoms with Crippen LogP contribution in [-0.4, -0.2) is 42.1 Å². The first kappa shape index (κ1) is 16.3. The quantitative estimate of drug-likeness (QED) is 0.792. The van der Waals surface area contributed by atoms with E-state index in [1.807, 2.05) is 30.3 Å². The molecule has 1 N–H and O–H groups in total. The van der Waals surface area contributed by atoms with E-state index < -0.39 is 6.10 Å². The van der Waals surface area contributed by atoms with Gasteiger partial charge in [0, 0.05) is 13.7 Å². The number of ether oxygens (including phenoxy) is 2. The number of benzene rings is 1. The lowest BCUT2D eigenvalue weighted by Gasteiger charge is -2.12. The van der Waals surface area contributed by atoms with Crippen LogP contribution in [0.3, 0.4) is 0 Å². The first-order valence-corrected chi connectivity index (χ1v) is 7.23. The van der Waals surface area contributed by atoms with Crippen LogP contribution in [0.15, 0.2) is 36.5 Å². The summed E-state index contributed by atoms with van der Waals surface area (Å²) in [5, 5.41) is 7.30. The van der Waals surface area contributed by atoms with Gasteiger partial charge in [0.2, 0.25) is 0 Å². The van der Waals surface area contributed by atoms with Crippen LogP contribution in [0.25, 0.3) is 5.69 Å². The fraction of sp³-hybridized carbons (Fsp3) is 0.333. The summed E-state index contributed by atoms with van der Waals surface area (Å²) < 4.78 is 12.0. The van der Waals surface area contributed by atoms with Crippen LogP contribution < -0.4 is 10.1 Å². The van der Waals surface area contributed by atoms with Crippen molar-refractivity contribution in [1.82, 2.24) is 15.1 Å². The lowest BCUT2D eigenvalue weighted by atomic mass is 10.3. The molecule has 2 aromatic rings. The summed E-state index contributed by atoms with van der Waals surface area (Å²) >= 11 is 6.11. The number of para-hydroxylation sites is 1. The predicted octanol–water partition coefficient (Wildman–Crippen LogP) is 2.06. The van der Waals surface area contributed by atoms with Crippen molar-refractivity contribution in [3.05, 3.63) is 41.6 Å². The van der Waals surface area contributed by atoms with E-state index in [4.69, 9.17) is 21.1 Å². The van der Waals surface area contributed by atoms with Crippen LogP contribution >= 0.6 is 11.6 Å². The number of hydrogen-bond donors (Lipinski definition) is 1. The zero-order valence-corrected chi connectivity index (χ0v) is 13.2. The van der Waals surface area contributed by atoms with Gasteiger partial charge in [-0.2, -0.15) is 0 Å². The molecule has 118 valence electrons. The van der Waals surface area contributed by atoms with E-state index in [2.05, 4.69) is 10.4 Å². The average Bonchev–Trinajstić information content (AvgIpc) is 2.89. The number of rotatable bonds is 7. The monoisotopic (exact) mass is 323 g/mol. The smallest absolute Gasteiger partial charge is 0.260 e. The molecule has 0 radical (unpaired) electrons. The van der Waals surface area contributed by atoms with Crippen molar-refractivity contribution < 1.29 is 14.3 Å². The molecular formula is C15H18ClN3O3. The second-order valence-electron chi connectivity index (χ2n) is 4.61. The van der Waals surface area contributed by atoms with Gasteiger partial charge >= 0.3 is 0 Å². The highest BCUT2D eigenvalue weighted by molar-refractivity contribution is 6.31. The molecule has 0 saturated heterocycles. The summed E-state index contributed by atoms with van der Waals surface area (Å²) in [6.07, 6.45) is 0.940. The van der Waals surface area contributed by atoms with E-state index in [0.717, 1.165) is 5.69 Å². The van der Waals surface area contributed by atoms with E-state index in [1.165, 1.54) is 0 Å². The zero-order valence-electron chi connectivity index (χ0n) is 12.5. The standard InChI is InChI=1S/C15H18ClN3O3/c1-11(14(20)17-8-9-21-2)22-15-13(16)10-19(18-15)12-6-4-3-5-7-12/h3-7,10-11H,8-9H2,1-2H3,(H,17,20). The summed E-state index contributed by atoms with van der Waals surface area (Å²) in [4.78, 5) is 11.8. The van der Waals surface area contributed by atoms with Gasteiger partial charge in [-0.15, -0.1) is 5.10 Å². The topological polar surface area (TPSA) is 65.4 Å². The highest BCUT2D eigenvalue weighted by atomic mass is 35.5. The zero-order chi connectivity index (χ0) is 15.9. The average molecular weight is 324 g/mol. The summed E-state index contributed by atoms with van der Waals surface area (Å²) in [6, 6.07) is 9.51. The van der Waals surface area contributed by atoms with Gasteiger partial charge in [0.25, 0.3) is 11.8 Å². The van der Waals surface area contributed by atoms with E-state index in [1.54, 1.807) is 24.9 Å². The van der Waals surface area contributed by atoms with Crippen LogP contribution in [0.5, 0.6) is 5.88 Å². The predicted molar refractivity (Wildman–Crippen MR) is 83.5 cm³/mol. The van der Waals surface area contributed by atoms with Gasteiger partial charge in [-0.3, -0.25) is 4.79 Å². The molecule has 1 amide bonds. The van der Waals surface area contributed by atoms with Crippen LogP contribution in [-0.2, 0) is 9.53 Å². The van der Waals surface area contributed by atoms with Gasteiger partial charge in [-0.25, -0.2) is 4.68 Å². The van der Waals surface area contributed by atoms with Crippen LogP contribution in [0.1, 0.15) is 6.92 Å². The number of nitrogens with zero attached hydrogens (tertiary/aromatic N) is 2. The molecule has 0 aliphatic heterocycles. The van der Waals surface area contributed by atoms with E-state index in [9.17, 15) is 4.79 Å². The molecule has 0 aliphatic rings. The van der Waals surface area contributed by atoms with E-state index >= 15 is 0 Å². The van der Waals surface area contributed by atoms with Gasteiger partial charge in [0.05, 0.1) is 18.5 Å². The molecule has 1 aromatic heterocycles. The molecule has 6 nitrogen and oxygen atoms in total. The Morgan fingerprint density at radius 2 is 2.14 bits per heavy atom. The van der Waals surface area contributed by atoms with Crippen LogP contribution in [0.4, 0.5) is 0 Å². The van der Waals surface area contributed by atoms with Crippen molar-refractivity contribution in [3.63, 3.8) is 0 Å². The fourth-order valence-corrected chi connectivity index (χ4v) is 1.95. The first-order valence-electron chi connectivity index (χ1n) is 6.85. The molecule has 1 heterocycles. The number of halogens is 1. The van der Waals surface area contributed by atoms with E-state index in [0.29, 0.717) is 18.2 Å². The molecule has 0 fully saturated rings. The molecule has 2 rings (SSSR count). The molecule has 7 heteroatoms. The third-order valence-electron chi connectivity index (χ3n) is 2.92. The maximum absolute atomic E-state index is 11.8. The van der Waals surface area contributed by atoms with Crippen molar-refractivity contribution >= 4 is 17.5 Å². The Balaban J connectivity index is 2.01. The van der Waals surface area contributed by atoms with Crippen molar-refractivity contribution in [2.75, 3.05) is 20.3 Å². The fourth-order valence-electron chi connectivity index (χ4n) is 1.77. The summed E-state index contributed by atoms with van der Waals surface area (Å²) in [5.41, 5.74) is 0.858. The van der Waals surface area contributed by atoms with Gasteiger partial charge in [-0.1, -0.05) is 29.8 Å². The molecule has 1 unspecified atom stereocenters. The van der Waals surface area contributed by atoms with Crippen molar-refractivity contribution in [2.45, 2.75) is 13.0 Å². The van der Waals surface area contributed by atoms with Crippen LogP contribution in [0, 0.1) is 0 Å². The molecule has 1 atom stereocenters. The third-order valence-corrected chi connectivity index (χ3v) is 3.18. The molecule has 22 heavy (non-hydrogen) atoms. The van der Waals surface area contributed by atoms with Gasteiger partial charge in [0.15, 0.2) is 6.10 Å². The van der Waals surface area contributed by atoms with Crippen molar-refractivity contribution in [3.8, 4) is 11.6 Å². The number of methoxy groups -OCH3 is 1. The number of amides is 1. The van der Waals surface area contributed by atoms with Crippen LogP contribution in [0.2, 0.25) is 5.02 Å². The van der Waals surface area contributed by atoms with Gasteiger partial charge in [-0.05, 0) is 19.1 Å². The Morgan fingerprint density at radius 1 is 1.41 bits per heavy atom. The Hall–Kier alpha value is -2.05. The number of hydrogen-bond acceptors (Lipinski definition) is 4. The largest absolute Gasteiger partial charge is 0.462 e. The Kier molecular flexibility index (Phi) is 5.80. The Bertz CT molecular complexity index is 616. The Morgan fingerprint density at radius 3 is 2.82 bits per heavy atom. The minimum Gasteiger partial charge on any atom is -0.462 e. The number of carbonyl (C=O) groups is 1. The molecule has 0 bridgehead atoms. The minimum atomic E-state index is -0.700. The SMILES string of the molecule is COCCNC(=O)C(C)Oc1nn(-c2ccccc2)cc1Cl. The Labute approximate surface area is 134 Å². The van der Waals surface area contributed by atoms with Crippen molar-refractivity contribution in [2.24, 2.45) is 0 Å². The molecule has 0 aliphatic carbocycles. The maximum Gasteiger partial charge on any atom is 0.260 e. The molecule has 0 saturated carbocycles. The van der Waals surface area contributed by atoms with E-state index in [-0.39, 0.29) is 11.8 Å². The van der Waals surface area contributed by atoms with Crippen molar-refractivity contribution in [1.29, 1.82) is 0 Å². The summed E-state index contributed by atoms with van der Waals surface area (Å²) in [7, 11) is 1.57. The number of carbonyl (C=O) groups excluding carboxylic acids is 1. The normalized spacial score (nSPS) is 12.0. The maximum atomic E-state index is 11.8. The highest BCUT2D eigenvalue weighted by Gasteiger charge is 2.18. The van der Waals surface area contributed by atoms with Gasteiger partial charge < -0.3 is 14.8 Å². The lowest BCUT2D eigenvalue weighted by Crippen LogP contribution is -2.38. The number of aromatic nitrogens is 2. The van der Waals surface area contributed by atoms with Gasteiger partial charge in [0.1, 0.15) is 5.02 Å². The molecule has 0 spiro atoms. The third kappa shape index (κ3) is 4.22.